The summed E-state index contributed by atoms with van der Waals surface area (Å²) in [4.78, 5) is 13.2. The number of hydrogen-bond acceptors (Lipinski definition) is 3. The zero-order valence-electron chi connectivity index (χ0n) is 11.0. The van der Waals surface area contributed by atoms with E-state index in [1.54, 1.807) is 11.8 Å². The first-order chi connectivity index (χ1) is 9.21. The smallest absolute Gasteiger partial charge is 0.138 e. The highest BCUT2D eigenvalue weighted by Crippen LogP contribution is 2.56. The molecule has 2 aliphatic rings. The molecule has 0 aromatic heterocycles. The maximum Gasteiger partial charge on any atom is 0.138 e. The van der Waals surface area contributed by atoms with Gasteiger partial charge in [0.2, 0.25) is 0 Å². The zero-order valence-corrected chi connectivity index (χ0v) is 11.9. The molecular formula is C16H20O2S. The Morgan fingerprint density at radius 2 is 1.95 bits per heavy atom. The number of carbonyl (C=O) groups excluding carboxylic acids is 1. The lowest BCUT2D eigenvalue weighted by Crippen LogP contribution is -2.39. The van der Waals surface area contributed by atoms with Crippen LogP contribution in [0.5, 0.6) is 0 Å². The fourth-order valence-corrected chi connectivity index (χ4v) is 4.37. The van der Waals surface area contributed by atoms with Gasteiger partial charge in [0, 0.05) is 22.0 Å². The van der Waals surface area contributed by atoms with E-state index in [1.165, 1.54) is 4.90 Å². The van der Waals surface area contributed by atoms with Crippen molar-refractivity contribution in [3.63, 3.8) is 0 Å². The Morgan fingerprint density at radius 1 is 1.21 bits per heavy atom. The van der Waals surface area contributed by atoms with E-state index in [0.29, 0.717) is 6.42 Å². The maximum absolute atomic E-state index is 12.0. The third-order valence-electron chi connectivity index (χ3n) is 4.33. The molecule has 0 amide bonds. The third kappa shape index (κ3) is 2.72. The van der Waals surface area contributed by atoms with Crippen molar-refractivity contribution >= 4 is 17.5 Å². The molecule has 0 radical (unpaired) electrons. The topological polar surface area (TPSA) is 37.3 Å². The number of aliphatic hydroxyl groups excluding tert-OH is 1. The SMILES string of the molecule is O=C1CCCCC1C(O)C1(Sc2ccccc2)CC1. The minimum absolute atomic E-state index is 0.0982. The molecule has 102 valence electrons. The van der Waals surface area contributed by atoms with Crippen molar-refractivity contribution in [1.82, 2.24) is 0 Å². The number of aliphatic hydroxyl groups is 1. The van der Waals surface area contributed by atoms with Crippen molar-refractivity contribution in [2.24, 2.45) is 5.92 Å². The first kappa shape index (κ1) is 13.2. The minimum atomic E-state index is -0.467. The average molecular weight is 276 g/mol. The van der Waals surface area contributed by atoms with Crippen LogP contribution < -0.4 is 0 Å². The van der Waals surface area contributed by atoms with Gasteiger partial charge < -0.3 is 5.11 Å². The Labute approximate surface area is 118 Å². The fraction of sp³-hybridized carbons (Fsp3) is 0.562. The summed E-state index contributed by atoms with van der Waals surface area (Å²) in [5, 5.41) is 10.7. The first-order valence-electron chi connectivity index (χ1n) is 7.16. The lowest BCUT2D eigenvalue weighted by atomic mass is 9.82. The largest absolute Gasteiger partial charge is 0.391 e. The second-order valence-electron chi connectivity index (χ2n) is 5.74. The molecule has 0 bridgehead atoms. The summed E-state index contributed by atoms with van der Waals surface area (Å²) >= 11 is 1.76. The van der Waals surface area contributed by atoms with Crippen LogP contribution in [0.4, 0.5) is 0 Å². The summed E-state index contributed by atoms with van der Waals surface area (Å²) in [6.45, 7) is 0. The Bertz CT molecular complexity index is 453. The van der Waals surface area contributed by atoms with E-state index in [-0.39, 0.29) is 16.4 Å². The lowest BCUT2D eigenvalue weighted by molar-refractivity contribution is -0.128. The molecule has 2 atom stereocenters. The van der Waals surface area contributed by atoms with Crippen LogP contribution in [-0.2, 0) is 4.79 Å². The van der Waals surface area contributed by atoms with Crippen molar-refractivity contribution in [1.29, 1.82) is 0 Å². The molecule has 0 heterocycles. The van der Waals surface area contributed by atoms with Gasteiger partial charge in [-0.3, -0.25) is 4.79 Å². The molecule has 1 N–H and O–H groups in total. The molecule has 19 heavy (non-hydrogen) atoms. The molecule has 1 aromatic carbocycles. The van der Waals surface area contributed by atoms with E-state index in [0.717, 1.165) is 32.1 Å². The van der Waals surface area contributed by atoms with E-state index in [1.807, 2.05) is 18.2 Å². The molecule has 2 aliphatic carbocycles. The van der Waals surface area contributed by atoms with Gasteiger partial charge in [-0.15, -0.1) is 11.8 Å². The summed E-state index contributed by atoms with van der Waals surface area (Å²) in [5.41, 5.74) is 0. The molecule has 3 rings (SSSR count). The predicted octanol–water partition coefficient (Wildman–Crippen LogP) is 3.43. The molecule has 2 nitrogen and oxygen atoms in total. The summed E-state index contributed by atoms with van der Waals surface area (Å²) in [6, 6.07) is 10.2. The van der Waals surface area contributed by atoms with E-state index in [2.05, 4.69) is 12.1 Å². The quantitative estimate of drug-likeness (QED) is 0.915. The Balaban J connectivity index is 1.71. The standard InChI is InChI=1S/C16H20O2S/c17-14-9-5-4-8-13(14)15(18)16(10-11-16)19-12-6-2-1-3-7-12/h1-3,6-7,13,15,18H,4-5,8-11H2. The minimum Gasteiger partial charge on any atom is -0.391 e. The van der Waals surface area contributed by atoms with Crippen LogP contribution in [-0.4, -0.2) is 21.7 Å². The second-order valence-corrected chi connectivity index (χ2v) is 7.23. The van der Waals surface area contributed by atoms with E-state index < -0.39 is 6.10 Å². The molecule has 2 unspecified atom stereocenters. The van der Waals surface area contributed by atoms with Gasteiger partial charge in [-0.1, -0.05) is 24.6 Å². The van der Waals surface area contributed by atoms with E-state index in [9.17, 15) is 9.90 Å². The molecule has 2 fully saturated rings. The van der Waals surface area contributed by atoms with Crippen LogP contribution in [0.25, 0.3) is 0 Å². The predicted molar refractivity (Wildman–Crippen MR) is 77.2 cm³/mol. The first-order valence-corrected chi connectivity index (χ1v) is 7.98. The monoisotopic (exact) mass is 276 g/mol. The molecule has 0 aliphatic heterocycles. The fourth-order valence-electron chi connectivity index (χ4n) is 3.02. The number of benzene rings is 1. The normalized spacial score (nSPS) is 27.0. The van der Waals surface area contributed by atoms with Crippen LogP contribution in [0, 0.1) is 5.92 Å². The zero-order chi connectivity index (χ0) is 13.3. The number of thioether (sulfide) groups is 1. The third-order valence-corrected chi connectivity index (χ3v) is 5.89. The van der Waals surface area contributed by atoms with E-state index in [4.69, 9.17) is 0 Å². The number of carbonyl (C=O) groups is 1. The number of ketones is 1. The van der Waals surface area contributed by atoms with Crippen molar-refractivity contribution < 1.29 is 9.90 Å². The van der Waals surface area contributed by atoms with Gasteiger partial charge >= 0.3 is 0 Å². The second kappa shape index (κ2) is 5.29. The van der Waals surface area contributed by atoms with Crippen LogP contribution in [0.15, 0.2) is 35.2 Å². The highest BCUT2D eigenvalue weighted by molar-refractivity contribution is 8.01. The average Bonchev–Trinajstić information content (AvgIpc) is 3.21. The summed E-state index contributed by atoms with van der Waals surface area (Å²) in [7, 11) is 0. The van der Waals surface area contributed by atoms with Gasteiger partial charge in [-0.25, -0.2) is 0 Å². The maximum atomic E-state index is 12.0. The molecule has 1 aromatic rings. The lowest BCUT2D eigenvalue weighted by Gasteiger charge is -2.31. The van der Waals surface area contributed by atoms with Crippen LogP contribution in [0.2, 0.25) is 0 Å². The van der Waals surface area contributed by atoms with Gasteiger partial charge in [0.15, 0.2) is 0 Å². The van der Waals surface area contributed by atoms with Gasteiger partial charge in [0.05, 0.1) is 6.10 Å². The molecular weight excluding hydrogens is 256 g/mol. The van der Waals surface area contributed by atoms with Gasteiger partial charge in [0.1, 0.15) is 5.78 Å². The Kier molecular flexibility index (Phi) is 3.68. The van der Waals surface area contributed by atoms with Crippen molar-refractivity contribution in [3.05, 3.63) is 30.3 Å². The van der Waals surface area contributed by atoms with Gasteiger partial charge in [0.25, 0.3) is 0 Å². The van der Waals surface area contributed by atoms with Crippen LogP contribution >= 0.6 is 11.8 Å². The van der Waals surface area contributed by atoms with Crippen molar-refractivity contribution in [2.75, 3.05) is 0 Å². The van der Waals surface area contributed by atoms with Crippen LogP contribution in [0.1, 0.15) is 38.5 Å². The summed E-state index contributed by atoms with van der Waals surface area (Å²) < 4.78 is -0.0982. The Hall–Kier alpha value is -0.800. The van der Waals surface area contributed by atoms with Crippen molar-refractivity contribution in [2.45, 2.75) is 54.3 Å². The highest BCUT2D eigenvalue weighted by Gasteiger charge is 2.53. The van der Waals surface area contributed by atoms with Gasteiger partial charge in [-0.2, -0.15) is 0 Å². The number of rotatable bonds is 4. The molecule has 0 saturated heterocycles. The van der Waals surface area contributed by atoms with E-state index >= 15 is 0 Å². The molecule has 0 spiro atoms. The summed E-state index contributed by atoms with van der Waals surface area (Å²) in [5.74, 6) is 0.158. The summed E-state index contributed by atoms with van der Waals surface area (Å²) in [6.07, 6.45) is 5.20. The van der Waals surface area contributed by atoms with Crippen LogP contribution in [0.3, 0.4) is 0 Å². The number of hydrogen-bond donors (Lipinski definition) is 1. The van der Waals surface area contributed by atoms with Gasteiger partial charge in [-0.05, 0) is 37.8 Å². The molecule has 3 heteroatoms. The number of Topliss-reactive ketones (excluding diaryl/α,β-unsaturated/α-hetero) is 1. The highest BCUT2D eigenvalue weighted by atomic mass is 32.2. The Morgan fingerprint density at radius 3 is 2.58 bits per heavy atom. The molecule has 2 saturated carbocycles. The van der Waals surface area contributed by atoms with Crippen molar-refractivity contribution in [3.8, 4) is 0 Å².